The number of nitrogens with one attached hydrogen (secondary N) is 3. The Morgan fingerprint density at radius 1 is 0.784 bits per heavy atom. The summed E-state index contributed by atoms with van der Waals surface area (Å²) in [5.41, 5.74) is 21.8. The molecular formula is C22H42N8O7. The minimum absolute atomic E-state index is 0.0116. The monoisotopic (exact) mass is 530 g/mol. The molecule has 0 aromatic carbocycles. The second kappa shape index (κ2) is 17.9. The number of guanidine groups is 1. The van der Waals surface area contributed by atoms with Crippen LogP contribution in [0.25, 0.3) is 0 Å². The molecule has 0 aliphatic carbocycles. The van der Waals surface area contributed by atoms with E-state index in [9.17, 15) is 29.1 Å². The molecule has 0 saturated heterocycles. The fraction of sp³-hybridized carbons (Fsp3) is 0.727. The maximum atomic E-state index is 13.0. The molecule has 0 fully saturated rings. The third-order valence-corrected chi connectivity index (χ3v) is 5.44. The highest BCUT2D eigenvalue weighted by Gasteiger charge is 2.30. The van der Waals surface area contributed by atoms with Crippen molar-refractivity contribution >= 4 is 35.6 Å². The Balaban J connectivity index is 5.56. The molecule has 0 spiro atoms. The molecule has 15 heteroatoms. The highest BCUT2D eigenvalue weighted by atomic mass is 16.4. The number of rotatable bonds is 19. The average molecular weight is 531 g/mol. The van der Waals surface area contributed by atoms with Crippen LogP contribution in [0.3, 0.4) is 0 Å². The summed E-state index contributed by atoms with van der Waals surface area (Å²) in [4.78, 5) is 64.9. The van der Waals surface area contributed by atoms with E-state index in [1.54, 1.807) is 13.8 Å². The van der Waals surface area contributed by atoms with E-state index in [1.165, 1.54) is 0 Å². The zero-order valence-electron chi connectivity index (χ0n) is 21.4. The zero-order chi connectivity index (χ0) is 28.5. The van der Waals surface area contributed by atoms with Crippen molar-refractivity contribution in [2.45, 2.75) is 83.0 Å². The third-order valence-electron chi connectivity index (χ3n) is 5.44. The van der Waals surface area contributed by atoms with Crippen molar-refractivity contribution in [2.75, 3.05) is 13.1 Å². The van der Waals surface area contributed by atoms with Crippen LogP contribution >= 0.6 is 0 Å². The third kappa shape index (κ3) is 14.6. The number of unbranched alkanes of at least 4 members (excludes halogenated alkanes) is 1. The van der Waals surface area contributed by atoms with Crippen LogP contribution in [-0.4, -0.2) is 83.1 Å². The lowest BCUT2D eigenvalue weighted by Crippen LogP contribution is -2.57. The molecule has 0 aromatic rings. The number of aliphatic carboxylic acids is 2. The van der Waals surface area contributed by atoms with Crippen molar-refractivity contribution in [3.05, 3.63) is 0 Å². The maximum Gasteiger partial charge on any atom is 0.326 e. The highest BCUT2D eigenvalue weighted by molar-refractivity contribution is 5.94. The second-order valence-electron chi connectivity index (χ2n) is 8.96. The lowest BCUT2D eigenvalue weighted by molar-refractivity contribution is -0.143. The number of carbonyl (C=O) groups excluding carboxylic acids is 3. The molecule has 4 atom stereocenters. The number of carboxylic acid groups (broad SMARTS) is 2. The summed E-state index contributed by atoms with van der Waals surface area (Å²) in [7, 11) is 0. The lowest BCUT2D eigenvalue weighted by Gasteiger charge is -2.25. The first-order valence-electron chi connectivity index (χ1n) is 12.2. The van der Waals surface area contributed by atoms with Gasteiger partial charge in [-0.15, -0.1) is 0 Å². The first kappa shape index (κ1) is 33.5. The van der Waals surface area contributed by atoms with E-state index in [1.807, 2.05) is 0 Å². The number of hydrogen-bond acceptors (Lipinski definition) is 8. The fourth-order valence-electron chi connectivity index (χ4n) is 3.17. The second-order valence-corrected chi connectivity index (χ2v) is 8.96. The van der Waals surface area contributed by atoms with Crippen molar-refractivity contribution in [1.29, 1.82) is 0 Å². The van der Waals surface area contributed by atoms with Crippen LogP contribution in [-0.2, 0) is 24.0 Å². The van der Waals surface area contributed by atoms with E-state index in [4.69, 9.17) is 28.0 Å². The molecular weight excluding hydrogens is 488 g/mol. The van der Waals surface area contributed by atoms with Crippen molar-refractivity contribution < 1.29 is 34.2 Å². The number of carbonyl (C=O) groups is 5. The smallest absolute Gasteiger partial charge is 0.326 e. The molecule has 0 heterocycles. The van der Waals surface area contributed by atoms with Gasteiger partial charge in [-0.05, 0) is 51.0 Å². The van der Waals surface area contributed by atoms with E-state index in [0.717, 1.165) is 0 Å². The molecule has 0 aromatic heterocycles. The maximum absolute atomic E-state index is 13.0. The number of aliphatic imine (C=N–C) groups is 1. The Labute approximate surface area is 216 Å². The molecule has 0 rings (SSSR count). The molecule has 3 amide bonds. The summed E-state index contributed by atoms with van der Waals surface area (Å²) in [6.07, 6.45) is 0.739. The Morgan fingerprint density at radius 2 is 1.30 bits per heavy atom. The quantitative estimate of drug-likeness (QED) is 0.0480. The van der Waals surface area contributed by atoms with Gasteiger partial charge in [0.25, 0.3) is 0 Å². The summed E-state index contributed by atoms with van der Waals surface area (Å²) >= 11 is 0. The molecule has 0 aliphatic heterocycles. The van der Waals surface area contributed by atoms with Gasteiger partial charge in [0, 0.05) is 13.0 Å². The van der Waals surface area contributed by atoms with Gasteiger partial charge in [-0.25, -0.2) is 4.79 Å². The standard InChI is InChI=1S/C22H42N8O7/c1-12(2)17(24)20(35)29-13(6-3-4-10-23)18(33)28-14(8-9-16(31)32)19(34)30-15(21(36)37)7-5-11-27-22(25)26/h12-15,17H,3-11,23-24H2,1-2H3,(H,28,33)(H,29,35)(H,30,34)(H,31,32)(H,36,37)(H4,25,26,27). The van der Waals surface area contributed by atoms with Gasteiger partial charge in [-0.2, -0.15) is 0 Å². The van der Waals surface area contributed by atoms with Gasteiger partial charge in [0.1, 0.15) is 18.1 Å². The lowest BCUT2D eigenvalue weighted by atomic mass is 10.0. The van der Waals surface area contributed by atoms with Crippen LogP contribution in [0, 0.1) is 5.92 Å². The van der Waals surface area contributed by atoms with Gasteiger partial charge in [0.05, 0.1) is 6.04 Å². The number of nitrogens with zero attached hydrogens (tertiary/aromatic N) is 1. The van der Waals surface area contributed by atoms with Gasteiger partial charge in [-0.3, -0.25) is 24.2 Å². The van der Waals surface area contributed by atoms with E-state index in [-0.39, 0.29) is 44.1 Å². The molecule has 4 unspecified atom stereocenters. The van der Waals surface area contributed by atoms with Crippen LogP contribution in [0.4, 0.5) is 0 Å². The minimum Gasteiger partial charge on any atom is -0.481 e. The molecule has 15 nitrogen and oxygen atoms in total. The number of amides is 3. The Bertz CT molecular complexity index is 802. The largest absolute Gasteiger partial charge is 0.481 e. The SMILES string of the molecule is CC(C)C(N)C(=O)NC(CCCCN)C(=O)NC(CCC(=O)O)C(=O)NC(CCCN=C(N)N)C(=O)O. The van der Waals surface area contributed by atoms with Gasteiger partial charge in [0.15, 0.2) is 5.96 Å². The van der Waals surface area contributed by atoms with E-state index >= 15 is 0 Å². The van der Waals surface area contributed by atoms with Gasteiger partial charge in [-0.1, -0.05) is 13.8 Å². The van der Waals surface area contributed by atoms with Crippen LogP contribution in [0.1, 0.15) is 58.8 Å². The van der Waals surface area contributed by atoms with Crippen LogP contribution < -0.4 is 38.9 Å². The predicted molar refractivity (Wildman–Crippen MR) is 136 cm³/mol. The molecule has 37 heavy (non-hydrogen) atoms. The molecule has 212 valence electrons. The van der Waals surface area contributed by atoms with Gasteiger partial charge < -0.3 is 49.1 Å². The molecule has 13 N–H and O–H groups in total. The summed E-state index contributed by atoms with van der Waals surface area (Å²) in [6.45, 7) is 4.01. The number of carboxylic acids is 2. The van der Waals surface area contributed by atoms with Crippen LogP contribution in [0.2, 0.25) is 0 Å². The Kier molecular flexibility index (Phi) is 16.2. The van der Waals surface area contributed by atoms with Crippen molar-refractivity contribution in [3.63, 3.8) is 0 Å². The Morgan fingerprint density at radius 3 is 1.78 bits per heavy atom. The van der Waals surface area contributed by atoms with Crippen LogP contribution in [0.5, 0.6) is 0 Å². The number of nitrogens with two attached hydrogens (primary N) is 4. The molecule has 0 bridgehead atoms. The molecule has 0 saturated carbocycles. The summed E-state index contributed by atoms with van der Waals surface area (Å²) in [5, 5.41) is 25.9. The normalized spacial score (nSPS) is 14.1. The Hall–Kier alpha value is -3.46. The topological polar surface area (TPSA) is 278 Å². The van der Waals surface area contributed by atoms with Crippen molar-refractivity contribution in [1.82, 2.24) is 16.0 Å². The fourth-order valence-corrected chi connectivity index (χ4v) is 3.17. The molecule has 0 aliphatic rings. The van der Waals surface area contributed by atoms with Gasteiger partial charge >= 0.3 is 11.9 Å². The molecule has 0 radical (unpaired) electrons. The van der Waals surface area contributed by atoms with E-state index < -0.39 is 60.2 Å². The minimum atomic E-state index is -1.36. The average Bonchev–Trinajstić information content (AvgIpc) is 2.81. The zero-order valence-corrected chi connectivity index (χ0v) is 21.4. The van der Waals surface area contributed by atoms with Crippen molar-refractivity contribution in [3.8, 4) is 0 Å². The predicted octanol–water partition coefficient (Wildman–Crippen LogP) is -2.44. The van der Waals surface area contributed by atoms with Crippen molar-refractivity contribution in [2.24, 2.45) is 33.8 Å². The van der Waals surface area contributed by atoms with E-state index in [2.05, 4.69) is 20.9 Å². The summed E-state index contributed by atoms with van der Waals surface area (Å²) in [5.74, 6) is -5.05. The van der Waals surface area contributed by atoms with Crippen LogP contribution in [0.15, 0.2) is 4.99 Å². The first-order chi connectivity index (χ1) is 17.3. The van der Waals surface area contributed by atoms with Gasteiger partial charge in [0.2, 0.25) is 17.7 Å². The van der Waals surface area contributed by atoms with E-state index in [0.29, 0.717) is 19.4 Å². The summed E-state index contributed by atoms with van der Waals surface area (Å²) in [6, 6.07) is -4.61. The highest BCUT2D eigenvalue weighted by Crippen LogP contribution is 2.07. The first-order valence-corrected chi connectivity index (χ1v) is 12.2. The number of hydrogen-bond donors (Lipinski definition) is 9. The summed E-state index contributed by atoms with van der Waals surface area (Å²) < 4.78 is 0.